The molecular formula is C22H24N4O3. The third-order valence-electron chi connectivity index (χ3n) is 4.55. The van der Waals surface area contributed by atoms with Crippen molar-refractivity contribution in [2.45, 2.75) is 13.3 Å². The topological polar surface area (TPSA) is 77.5 Å². The van der Waals surface area contributed by atoms with E-state index in [0.717, 1.165) is 53.0 Å². The number of benzene rings is 2. The number of rotatable bonds is 7. The van der Waals surface area contributed by atoms with E-state index in [0.29, 0.717) is 19.2 Å². The van der Waals surface area contributed by atoms with Gasteiger partial charge in [-0.05, 0) is 37.1 Å². The maximum Gasteiger partial charge on any atom is 0.229 e. The van der Waals surface area contributed by atoms with E-state index in [1.54, 1.807) is 7.11 Å². The van der Waals surface area contributed by atoms with Gasteiger partial charge < -0.3 is 24.8 Å². The van der Waals surface area contributed by atoms with Gasteiger partial charge in [-0.3, -0.25) is 0 Å². The molecule has 2 heterocycles. The Hall–Kier alpha value is -3.48. The Morgan fingerprint density at radius 3 is 2.69 bits per heavy atom. The Balaban J connectivity index is 1.42. The van der Waals surface area contributed by atoms with Crippen LogP contribution in [0.15, 0.2) is 48.5 Å². The molecule has 0 unspecified atom stereocenters. The first-order chi connectivity index (χ1) is 14.2. The molecule has 7 nitrogen and oxygen atoms in total. The third-order valence-corrected chi connectivity index (χ3v) is 4.55. The van der Waals surface area contributed by atoms with Crippen molar-refractivity contribution in [1.29, 1.82) is 0 Å². The predicted molar refractivity (Wildman–Crippen MR) is 113 cm³/mol. The molecule has 0 amide bonds. The van der Waals surface area contributed by atoms with Crippen molar-refractivity contribution < 1.29 is 14.2 Å². The molecule has 0 saturated carbocycles. The van der Waals surface area contributed by atoms with E-state index in [-0.39, 0.29) is 0 Å². The molecule has 1 aliphatic heterocycles. The van der Waals surface area contributed by atoms with Gasteiger partial charge in [-0.25, -0.2) is 4.98 Å². The largest absolute Gasteiger partial charge is 0.496 e. The summed E-state index contributed by atoms with van der Waals surface area (Å²) in [4.78, 5) is 9.06. The molecule has 0 aliphatic carbocycles. The number of anilines is 3. The van der Waals surface area contributed by atoms with Gasteiger partial charge in [0.05, 0.1) is 7.11 Å². The van der Waals surface area contributed by atoms with Gasteiger partial charge in [0.15, 0.2) is 11.5 Å². The summed E-state index contributed by atoms with van der Waals surface area (Å²) in [5.41, 5.74) is 2.88. The number of para-hydroxylation sites is 1. The molecule has 7 heteroatoms. The van der Waals surface area contributed by atoms with E-state index >= 15 is 0 Å². The molecule has 0 atom stereocenters. The lowest BCUT2D eigenvalue weighted by atomic mass is 10.1. The van der Waals surface area contributed by atoms with Gasteiger partial charge in [0, 0.05) is 30.1 Å². The normalized spacial score (nSPS) is 12.3. The van der Waals surface area contributed by atoms with Crippen LogP contribution in [0.4, 0.5) is 17.5 Å². The highest BCUT2D eigenvalue weighted by atomic mass is 16.6. The quantitative estimate of drug-likeness (QED) is 0.630. The van der Waals surface area contributed by atoms with Crippen molar-refractivity contribution in [1.82, 2.24) is 9.97 Å². The molecule has 2 aromatic carbocycles. The van der Waals surface area contributed by atoms with E-state index < -0.39 is 0 Å². The Bertz CT molecular complexity index is 994. The molecule has 0 fully saturated rings. The fraction of sp³-hybridized carbons (Fsp3) is 0.273. The number of nitrogens with zero attached hydrogens (tertiary/aromatic N) is 2. The second-order valence-electron chi connectivity index (χ2n) is 6.69. The van der Waals surface area contributed by atoms with Gasteiger partial charge in [-0.1, -0.05) is 18.2 Å². The Kier molecular flexibility index (Phi) is 5.65. The Morgan fingerprint density at radius 2 is 1.83 bits per heavy atom. The van der Waals surface area contributed by atoms with Crippen molar-refractivity contribution >= 4 is 17.5 Å². The van der Waals surface area contributed by atoms with Crippen LogP contribution >= 0.6 is 0 Å². The van der Waals surface area contributed by atoms with Gasteiger partial charge in [0.25, 0.3) is 0 Å². The molecule has 1 aliphatic rings. The smallest absolute Gasteiger partial charge is 0.229 e. The van der Waals surface area contributed by atoms with Crippen LogP contribution in [0.3, 0.4) is 0 Å². The maximum atomic E-state index is 5.63. The summed E-state index contributed by atoms with van der Waals surface area (Å²) in [5.74, 6) is 3.68. The van der Waals surface area contributed by atoms with Gasteiger partial charge >= 0.3 is 0 Å². The van der Waals surface area contributed by atoms with Crippen LogP contribution < -0.4 is 24.8 Å². The zero-order valence-corrected chi connectivity index (χ0v) is 16.6. The molecule has 0 radical (unpaired) electrons. The Labute approximate surface area is 170 Å². The molecule has 0 bridgehead atoms. The van der Waals surface area contributed by atoms with E-state index in [2.05, 4.69) is 26.7 Å². The molecular weight excluding hydrogens is 368 g/mol. The minimum absolute atomic E-state index is 0.529. The van der Waals surface area contributed by atoms with Gasteiger partial charge in [0.2, 0.25) is 5.95 Å². The second kappa shape index (κ2) is 8.68. The average molecular weight is 392 g/mol. The number of hydrogen-bond acceptors (Lipinski definition) is 7. The van der Waals surface area contributed by atoms with Crippen LogP contribution in [-0.2, 0) is 6.42 Å². The lowest BCUT2D eigenvalue weighted by Gasteiger charge is -2.19. The Morgan fingerprint density at radius 1 is 1.00 bits per heavy atom. The van der Waals surface area contributed by atoms with Crippen LogP contribution in [0.2, 0.25) is 0 Å². The standard InChI is InChI=1S/C22H24N4O3/c1-15-13-21(23-10-9-16-5-3-4-6-18(16)27-2)26-22(24-15)25-17-7-8-19-20(14-17)29-12-11-28-19/h3-8,13-14H,9-12H2,1-2H3,(H2,23,24,25,26). The molecule has 29 heavy (non-hydrogen) atoms. The molecule has 2 N–H and O–H groups in total. The summed E-state index contributed by atoms with van der Waals surface area (Å²) in [7, 11) is 1.69. The highest BCUT2D eigenvalue weighted by molar-refractivity contribution is 5.61. The number of ether oxygens (including phenoxy) is 3. The molecule has 150 valence electrons. The number of fused-ring (bicyclic) bond motifs is 1. The van der Waals surface area contributed by atoms with Crippen LogP contribution in [-0.4, -0.2) is 36.8 Å². The number of hydrogen-bond donors (Lipinski definition) is 2. The van der Waals surface area contributed by atoms with Crippen molar-refractivity contribution in [3.8, 4) is 17.2 Å². The number of aromatic nitrogens is 2. The van der Waals surface area contributed by atoms with Crippen molar-refractivity contribution in [3.05, 3.63) is 59.8 Å². The van der Waals surface area contributed by atoms with E-state index in [9.17, 15) is 0 Å². The first-order valence-corrected chi connectivity index (χ1v) is 9.59. The summed E-state index contributed by atoms with van der Waals surface area (Å²) in [6.07, 6.45) is 0.831. The predicted octanol–water partition coefficient (Wildman–Crippen LogP) is 3.96. The third kappa shape index (κ3) is 4.68. The van der Waals surface area contributed by atoms with Crippen molar-refractivity contribution in [2.24, 2.45) is 0 Å². The average Bonchev–Trinajstić information content (AvgIpc) is 2.73. The lowest BCUT2D eigenvalue weighted by Crippen LogP contribution is -2.15. The molecule has 1 aromatic heterocycles. The van der Waals surface area contributed by atoms with Crippen LogP contribution in [0.25, 0.3) is 0 Å². The SMILES string of the molecule is COc1ccccc1CCNc1cc(C)nc(Nc2ccc3c(c2)OCCO3)n1. The summed E-state index contributed by atoms with van der Waals surface area (Å²) in [6.45, 7) is 3.81. The lowest BCUT2D eigenvalue weighted by molar-refractivity contribution is 0.171. The molecule has 0 saturated heterocycles. The highest BCUT2D eigenvalue weighted by Crippen LogP contribution is 2.33. The number of aryl methyl sites for hydroxylation is 1. The summed E-state index contributed by atoms with van der Waals surface area (Å²) < 4.78 is 16.6. The van der Waals surface area contributed by atoms with Gasteiger partial charge in [-0.2, -0.15) is 4.98 Å². The maximum absolute atomic E-state index is 5.63. The summed E-state index contributed by atoms with van der Waals surface area (Å²) in [5, 5.41) is 6.61. The summed E-state index contributed by atoms with van der Waals surface area (Å²) in [6, 6.07) is 15.7. The number of methoxy groups -OCH3 is 1. The summed E-state index contributed by atoms with van der Waals surface area (Å²) >= 11 is 0. The van der Waals surface area contributed by atoms with Crippen LogP contribution in [0, 0.1) is 6.92 Å². The zero-order valence-electron chi connectivity index (χ0n) is 16.6. The van der Waals surface area contributed by atoms with Crippen molar-refractivity contribution in [3.63, 3.8) is 0 Å². The monoisotopic (exact) mass is 392 g/mol. The molecule has 0 spiro atoms. The van der Waals surface area contributed by atoms with Gasteiger partial charge in [0.1, 0.15) is 24.8 Å². The first kappa shape index (κ1) is 18.9. The zero-order chi connectivity index (χ0) is 20.1. The number of nitrogens with one attached hydrogen (secondary N) is 2. The van der Waals surface area contributed by atoms with E-state index in [1.165, 1.54) is 0 Å². The minimum atomic E-state index is 0.529. The van der Waals surface area contributed by atoms with E-state index in [4.69, 9.17) is 14.2 Å². The molecule has 4 rings (SSSR count). The second-order valence-corrected chi connectivity index (χ2v) is 6.69. The van der Waals surface area contributed by atoms with Crippen LogP contribution in [0.1, 0.15) is 11.3 Å². The molecule has 3 aromatic rings. The minimum Gasteiger partial charge on any atom is -0.496 e. The van der Waals surface area contributed by atoms with Crippen LogP contribution in [0.5, 0.6) is 17.2 Å². The van der Waals surface area contributed by atoms with E-state index in [1.807, 2.05) is 49.4 Å². The first-order valence-electron chi connectivity index (χ1n) is 9.59. The van der Waals surface area contributed by atoms with Crippen molar-refractivity contribution in [2.75, 3.05) is 37.5 Å². The highest BCUT2D eigenvalue weighted by Gasteiger charge is 2.12. The fourth-order valence-corrected chi connectivity index (χ4v) is 3.20. The fourth-order valence-electron chi connectivity index (χ4n) is 3.20. The van der Waals surface area contributed by atoms with Gasteiger partial charge in [-0.15, -0.1) is 0 Å².